The second-order valence-corrected chi connectivity index (χ2v) is 7.55. The molecule has 5 rings (SSSR count). The van der Waals surface area contributed by atoms with Gasteiger partial charge in [0.1, 0.15) is 17.5 Å². The molecule has 154 valence electrons. The van der Waals surface area contributed by atoms with Crippen LogP contribution in [0.4, 0.5) is 5.69 Å². The summed E-state index contributed by atoms with van der Waals surface area (Å²) in [4.78, 5) is 29.3. The van der Waals surface area contributed by atoms with Crippen molar-refractivity contribution < 1.29 is 9.53 Å². The molecule has 1 aromatic heterocycles. The lowest BCUT2D eigenvalue weighted by Crippen LogP contribution is -2.45. The van der Waals surface area contributed by atoms with Gasteiger partial charge in [0.05, 0.1) is 20.2 Å². The van der Waals surface area contributed by atoms with Crippen molar-refractivity contribution in [2.45, 2.75) is 19.0 Å². The predicted molar refractivity (Wildman–Crippen MR) is 121 cm³/mol. The van der Waals surface area contributed by atoms with Crippen LogP contribution in [0.3, 0.4) is 0 Å². The van der Waals surface area contributed by atoms with Gasteiger partial charge in [-0.15, -0.1) is 0 Å². The van der Waals surface area contributed by atoms with Crippen molar-refractivity contribution in [2.24, 2.45) is 9.98 Å². The Morgan fingerprint density at radius 3 is 2.74 bits per heavy atom. The third-order valence-corrected chi connectivity index (χ3v) is 5.66. The van der Waals surface area contributed by atoms with Crippen LogP contribution in [0.25, 0.3) is 0 Å². The van der Waals surface area contributed by atoms with Gasteiger partial charge in [-0.1, -0.05) is 36.4 Å². The minimum absolute atomic E-state index is 0.114. The van der Waals surface area contributed by atoms with Gasteiger partial charge in [-0.3, -0.25) is 19.8 Å². The van der Waals surface area contributed by atoms with Crippen molar-refractivity contribution in [1.82, 2.24) is 4.98 Å². The zero-order valence-electron chi connectivity index (χ0n) is 17.2. The number of methoxy groups -OCH3 is 1. The molecule has 0 amide bonds. The molecule has 6 nitrogen and oxygen atoms in total. The van der Waals surface area contributed by atoms with Gasteiger partial charge >= 0.3 is 0 Å². The number of hydrogen-bond donors (Lipinski definition) is 0. The van der Waals surface area contributed by atoms with Crippen molar-refractivity contribution in [2.75, 3.05) is 18.6 Å². The molecule has 0 aliphatic carbocycles. The lowest BCUT2D eigenvalue weighted by atomic mass is 10.0. The van der Waals surface area contributed by atoms with Crippen molar-refractivity contribution in [3.05, 3.63) is 89.7 Å². The Balaban J connectivity index is 1.56. The average molecular weight is 410 g/mol. The summed E-state index contributed by atoms with van der Waals surface area (Å²) in [6, 6.07) is 19.3. The minimum Gasteiger partial charge on any atom is -0.496 e. The number of carbonyl (C=O) groups is 1. The van der Waals surface area contributed by atoms with Crippen LogP contribution in [0.5, 0.6) is 5.75 Å². The fourth-order valence-electron chi connectivity index (χ4n) is 4.18. The molecule has 2 aliphatic rings. The first-order valence-electron chi connectivity index (χ1n) is 10.3. The molecule has 1 atom stereocenters. The van der Waals surface area contributed by atoms with Gasteiger partial charge < -0.3 is 9.64 Å². The van der Waals surface area contributed by atoms with Gasteiger partial charge in [0.2, 0.25) is 0 Å². The molecule has 0 saturated carbocycles. The van der Waals surface area contributed by atoms with E-state index in [0.29, 0.717) is 19.5 Å². The summed E-state index contributed by atoms with van der Waals surface area (Å²) in [7, 11) is 1.65. The number of anilines is 1. The molecule has 6 heteroatoms. The lowest BCUT2D eigenvalue weighted by Gasteiger charge is -2.28. The maximum absolute atomic E-state index is 13.4. The van der Waals surface area contributed by atoms with Crippen molar-refractivity contribution >= 4 is 23.0 Å². The highest BCUT2D eigenvalue weighted by Crippen LogP contribution is 2.33. The van der Waals surface area contributed by atoms with E-state index < -0.39 is 0 Å². The molecule has 0 N–H and O–H groups in total. The van der Waals surface area contributed by atoms with Gasteiger partial charge in [0, 0.05) is 30.1 Å². The number of amidine groups is 1. The van der Waals surface area contributed by atoms with E-state index >= 15 is 0 Å². The first-order valence-corrected chi connectivity index (χ1v) is 10.3. The predicted octanol–water partition coefficient (Wildman–Crippen LogP) is 3.49. The van der Waals surface area contributed by atoms with E-state index in [1.165, 1.54) is 0 Å². The number of benzene rings is 2. The molecule has 3 heterocycles. The second-order valence-electron chi connectivity index (χ2n) is 7.55. The molecule has 2 aromatic carbocycles. The van der Waals surface area contributed by atoms with E-state index in [9.17, 15) is 4.79 Å². The highest BCUT2D eigenvalue weighted by atomic mass is 16.5. The van der Waals surface area contributed by atoms with Gasteiger partial charge in [-0.05, 0) is 35.4 Å². The Morgan fingerprint density at radius 1 is 1.06 bits per heavy atom. The number of carbonyl (C=O) groups excluding carboxylic acids is 1. The lowest BCUT2D eigenvalue weighted by molar-refractivity contribution is -0.119. The Morgan fingerprint density at radius 2 is 1.90 bits per heavy atom. The van der Waals surface area contributed by atoms with Gasteiger partial charge in [0.25, 0.3) is 0 Å². The molecule has 0 spiro atoms. The van der Waals surface area contributed by atoms with Crippen LogP contribution in [-0.2, 0) is 17.8 Å². The monoisotopic (exact) mass is 410 g/mol. The number of aliphatic imine (C=N–C) groups is 2. The molecule has 31 heavy (non-hydrogen) atoms. The Bertz CT molecular complexity index is 1190. The van der Waals surface area contributed by atoms with Crippen LogP contribution in [0.2, 0.25) is 0 Å². The van der Waals surface area contributed by atoms with Crippen LogP contribution in [0, 0.1) is 0 Å². The maximum atomic E-state index is 13.4. The summed E-state index contributed by atoms with van der Waals surface area (Å²) in [6.07, 6.45) is 3.78. The fraction of sp³-hybridized carbons (Fsp3) is 0.200. The minimum atomic E-state index is -0.380. The maximum Gasteiger partial charge on any atom is 0.161 e. The van der Waals surface area contributed by atoms with Gasteiger partial charge in [0.15, 0.2) is 11.6 Å². The summed E-state index contributed by atoms with van der Waals surface area (Å²) >= 11 is 0. The summed E-state index contributed by atoms with van der Waals surface area (Å²) in [5, 5.41) is 0. The fourth-order valence-corrected chi connectivity index (χ4v) is 4.18. The van der Waals surface area contributed by atoms with E-state index in [0.717, 1.165) is 39.7 Å². The highest BCUT2D eigenvalue weighted by Gasteiger charge is 2.39. The van der Waals surface area contributed by atoms with Gasteiger partial charge in [-0.2, -0.15) is 0 Å². The molecule has 0 bridgehead atoms. The normalized spacial score (nSPS) is 17.2. The number of nitrogens with zero attached hydrogens (tertiary/aromatic N) is 4. The Kier molecular flexibility index (Phi) is 5.04. The number of hydrogen-bond acceptors (Lipinski definition) is 6. The number of para-hydroxylation sites is 2. The smallest absolute Gasteiger partial charge is 0.161 e. The second kappa shape index (κ2) is 8.14. The van der Waals surface area contributed by atoms with E-state index in [1.54, 1.807) is 19.5 Å². The van der Waals surface area contributed by atoms with Crippen molar-refractivity contribution in [3.8, 4) is 5.75 Å². The number of ketones is 1. The van der Waals surface area contributed by atoms with Crippen LogP contribution >= 0.6 is 0 Å². The highest BCUT2D eigenvalue weighted by molar-refractivity contribution is 6.53. The van der Waals surface area contributed by atoms with E-state index in [2.05, 4.69) is 16.0 Å². The third kappa shape index (κ3) is 3.50. The largest absolute Gasteiger partial charge is 0.496 e. The number of ether oxygens (including phenoxy) is 1. The summed E-state index contributed by atoms with van der Waals surface area (Å²) in [6.45, 7) is 0.916. The first-order chi connectivity index (χ1) is 15.3. The molecule has 3 aromatic rings. The zero-order chi connectivity index (χ0) is 21.2. The SMILES string of the molecule is COc1ccccc1C1=NCc2ccccc2N2C1=NCC2C(=O)Cc1cccnc1. The van der Waals surface area contributed by atoms with Crippen molar-refractivity contribution in [1.29, 1.82) is 0 Å². The van der Waals surface area contributed by atoms with E-state index in [4.69, 9.17) is 14.7 Å². The Labute approximate surface area is 180 Å². The molecule has 0 saturated heterocycles. The number of fused-ring (bicyclic) bond motifs is 3. The quantitative estimate of drug-likeness (QED) is 0.646. The molecular weight excluding hydrogens is 388 g/mol. The Hall–Kier alpha value is -3.80. The number of rotatable bonds is 5. The van der Waals surface area contributed by atoms with Crippen LogP contribution in [0.15, 0.2) is 83.0 Å². The standard InChI is InChI=1S/C25H22N4O2/c1-31-23-11-5-3-9-19(23)24-25-28-16-21(22(30)13-17-7-6-12-26-14-17)29(25)20-10-4-2-8-18(20)15-27-24/h2-12,14,21H,13,15-16H2,1H3. The number of aromatic nitrogens is 1. The van der Waals surface area contributed by atoms with E-state index in [-0.39, 0.29) is 11.8 Å². The average Bonchev–Trinajstić information content (AvgIpc) is 3.18. The summed E-state index contributed by atoms with van der Waals surface area (Å²) < 4.78 is 5.59. The topological polar surface area (TPSA) is 67.2 Å². The number of Topliss-reactive ketones (excluding diaryl/α,β-unsaturated/α-hetero) is 1. The van der Waals surface area contributed by atoms with Crippen LogP contribution < -0.4 is 9.64 Å². The van der Waals surface area contributed by atoms with Gasteiger partial charge in [-0.25, -0.2) is 0 Å². The summed E-state index contributed by atoms with van der Waals surface area (Å²) in [5.74, 6) is 1.57. The molecule has 0 radical (unpaired) electrons. The van der Waals surface area contributed by atoms with Crippen molar-refractivity contribution in [3.63, 3.8) is 0 Å². The molecule has 1 unspecified atom stereocenters. The first kappa shape index (κ1) is 19.2. The number of pyridine rings is 1. The van der Waals surface area contributed by atoms with E-state index in [1.807, 2.05) is 54.6 Å². The zero-order valence-corrected chi connectivity index (χ0v) is 17.2. The van der Waals surface area contributed by atoms with Crippen LogP contribution in [0.1, 0.15) is 16.7 Å². The molecule has 0 fully saturated rings. The van der Waals surface area contributed by atoms with Crippen LogP contribution in [-0.4, -0.2) is 42.0 Å². The molecule has 2 aliphatic heterocycles. The summed E-state index contributed by atoms with van der Waals surface area (Å²) in [5.41, 5.74) is 4.59. The third-order valence-electron chi connectivity index (χ3n) is 5.66. The molecular formula is C25H22N4O2.